The van der Waals surface area contributed by atoms with Crippen LogP contribution >= 0.6 is 24.0 Å². The predicted octanol–water partition coefficient (Wildman–Crippen LogP) is 4.01. The third kappa shape index (κ3) is 5.61. The fourth-order valence-electron chi connectivity index (χ4n) is 2.92. The number of aromatic nitrogens is 3. The topological polar surface area (TPSA) is 66.6 Å². The summed E-state index contributed by atoms with van der Waals surface area (Å²) in [6.07, 6.45) is -2.49. The minimum atomic E-state index is -4.36. The van der Waals surface area contributed by atoms with Crippen molar-refractivity contribution in [2.24, 2.45) is 4.99 Å². The number of halogens is 4. The number of alkyl halides is 3. The third-order valence-electron chi connectivity index (χ3n) is 4.69. The van der Waals surface area contributed by atoms with E-state index in [2.05, 4.69) is 25.8 Å². The van der Waals surface area contributed by atoms with Crippen molar-refractivity contribution in [3.8, 4) is 0 Å². The van der Waals surface area contributed by atoms with Crippen molar-refractivity contribution in [2.45, 2.75) is 32.0 Å². The Bertz CT molecular complexity index is 1010. The first-order chi connectivity index (χ1) is 13.7. The maximum atomic E-state index is 13.0. The molecule has 0 fully saturated rings. The number of pyridine rings is 1. The van der Waals surface area contributed by atoms with Crippen molar-refractivity contribution in [1.82, 2.24) is 25.2 Å². The Labute approximate surface area is 190 Å². The minimum absolute atomic E-state index is 0. The second kappa shape index (κ2) is 9.63. The van der Waals surface area contributed by atoms with Crippen LogP contribution in [0.2, 0.25) is 0 Å². The van der Waals surface area contributed by atoms with Gasteiger partial charge in [-0.25, -0.2) is 0 Å². The Hall–Kier alpha value is -2.37. The minimum Gasteiger partial charge on any atom is -0.356 e. The van der Waals surface area contributed by atoms with E-state index in [-0.39, 0.29) is 24.0 Å². The number of benzene rings is 1. The number of hydrogen-bond acceptors (Lipinski definition) is 3. The van der Waals surface area contributed by atoms with E-state index in [0.717, 1.165) is 17.5 Å². The molecule has 6 nitrogen and oxygen atoms in total. The molecule has 3 rings (SSSR count). The highest BCUT2D eigenvalue weighted by atomic mass is 127. The van der Waals surface area contributed by atoms with Crippen molar-refractivity contribution >= 4 is 35.6 Å². The van der Waals surface area contributed by atoms with Crippen LogP contribution in [0.5, 0.6) is 0 Å². The molecule has 10 heteroatoms. The van der Waals surface area contributed by atoms with Crippen LogP contribution in [0.25, 0.3) is 5.65 Å². The number of nitrogens with zero attached hydrogens (tertiary/aromatic N) is 4. The summed E-state index contributed by atoms with van der Waals surface area (Å²) in [4.78, 5) is 4.18. The summed E-state index contributed by atoms with van der Waals surface area (Å²) in [6.45, 7) is 4.56. The number of rotatable bonds is 5. The first-order valence-electron chi connectivity index (χ1n) is 9.11. The highest BCUT2D eigenvalue weighted by Crippen LogP contribution is 2.32. The van der Waals surface area contributed by atoms with Gasteiger partial charge in [-0.05, 0) is 23.8 Å². The van der Waals surface area contributed by atoms with Gasteiger partial charge >= 0.3 is 6.18 Å². The highest BCUT2D eigenvalue weighted by Gasteiger charge is 2.32. The Kier molecular flexibility index (Phi) is 7.67. The number of fused-ring (bicyclic) bond motifs is 1. The molecular formula is C20H24F3IN6. The van der Waals surface area contributed by atoms with E-state index in [4.69, 9.17) is 0 Å². The summed E-state index contributed by atoms with van der Waals surface area (Å²) in [6, 6.07) is 11.1. The second-order valence-electron chi connectivity index (χ2n) is 7.29. The van der Waals surface area contributed by atoms with E-state index in [0.29, 0.717) is 24.6 Å². The molecule has 0 aliphatic heterocycles. The molecule has 30 heavy (non-hydrogen) atoms. The van der Waals surface area contributed by atoms with Crippen LogP contribution in [0.15, 0.2) is 53.7 Å². The zero-order chi connectivity index (χ0) is 21.1. The smallest absolute Gasteiger partial charge is 0.356 e. The lowest BCUT2D eigenvalue weighted by Gasteiger charge is -2.27. The van der Waals surface area contributed by atoms with Crippen molar-refractivity contribution < 1.29 is 13.2 Å². The quantitative estimate of drug-likeness (QED) is 0.296. The van der Waals surface area contributed by atoms with E-state index >= 15 is 0 Å². The second-order valence-corrected chi connectivity index (χ2v) is 7.29. The Balaban J connectivity index is 0.00000320. The average molecular weight is 532 g/mol. The van der Waals surface area contributed by atoms with Gasteiger partial charge in [0.15, 0.2) is 17.4 Å². The Morgan fingerprint density at radius 3 is 2.47 bits per heavy atom. The van der Waals surface area contributed by atoms with Crippen LogP contribution in [0.1, 0.15) is 30.8 Å². The average Bonchev–Trinajstić information content (AvgIpc) is 3.11. The van der Waals surface area contributed by atoms with Gasteiger partial charge in [0.05, 0.1) is 12.1 Å². The molecule has 0 radical (unpaired) electrons. The van der Waals surface area contributed by atoms with Gasteiger partial charge in [-0.2, -0.15) is 13.2 Å². The van der Waals surface area contributed by atoms with Crippen LogP contribution < -0.4 is 10.6 Å². The molecule has 0 aliphatic rings. The SMILES string of the molecule is CN=C(NCc1nnc2ccccn12)NCC(C)(C)c1cccc(C(F)(F)F)c1.I. The maximum Gasteiger partial charge on any atom is 0.416 e. The predicted molar refractivity (Wildman–Crippen MR) is 121 cm³/mol. The molecule has 0 aliphatic carbocycles. The molecule has 0 bridgehead atoms. The summed E-state index contributed by atoms with van der Waals surface area (Å²) in [5, 5.41) is 14.6. The lowest BCUT2D eigenvalue weighted by Crippen LogP contribution is -2.43. The molecule has 1 aromatic carbocycles. The number of guanidine groups is 1. The number of nitrogens with one attached hydrogen (secondary N) is 2. The molecule has 0 spiro atoms. The lowest BCUT2D eigenvalue weighted by atomic mass is 9.84. The van der Waals surface area contributed by atoms with E-state index in [1.807, 2.05) is 42.6 Å². The molecule has 2 aromatic heterocycles. The molecule has 0 saturated carbocycles. The summed E-state index contributed by atoms with van der Waals surface area (Å²) < 4.78 is 40.9. The summed E-state index contributed by atoms with van der Waals surface area (Å²) in [5.41, 5.74) is 0.154. The molecular weight excluding hydrogens is 508 g/mol. The van der Waals surface area contributed by atoms with Crippen LogP contribution in [-0.4, -0.2) is 34.2 Å². The van der Waals surface area contributed by atoms with Gasteiger partial charge in [-0.3, -0.25) is 9.39 Å². The van der Waals surface area contributed by atoms with Crippen molar-refractivity contribution in [3.63, 3.8) is 0 Å². The van der Waals surface area contributed by atoms with Crippen LogP contribution in [0.4, 0.5) is 13.2 Å². The van der Waals surface area contributed by atoms with Crippen LogP contribution in [0, 0.1) is 0 Å². The van der Waals surface area contributed by atoms with Gasteiger partial charge in [0.25, 0.3) is 0 Å². The van der Waals surface area contributed by atoms with E-state index < -0.39 is 17.2 Å². The molecule has 2 N–H and O–H groups in total. The maximum absolute atomic E-state index is 13.0. The first-order valence-corrected chi connectivity index (χ1v) is 9.11. The van der Waals surface area contributed by atoms with Gasteiger partial charge in [0.1, 0.15) is 0 Å². The molecule has 3 aromatic rings. The monoisotopic (exact) mass is 532 g/mol. The summed E-state index contributed by atoms with van der Waals surface area (Å²) in [7, 11) is 1.63. The number of hydrogen-bond donors (Lipinski definition) is 2. The highest BCUT2D eigenvalue weighted by molar-refractivity contribution is 14.0. The first kappa shape index (κ1) is 23.9. The van der Waals surface area contributed by atoms with Gasteiger partial charge in [-0.15, -0.1) is 34.2 Å². The zero-order valence-corrected chi connectivity index (χ0v) is 19.2. The van der Waals surface area contributed by atoms with E-state index in [9.17, 15) is 13.2 Å². The standard InChI is InChI=1S/C20H23F3N6.HI/c1-19(2,14-7-6-8-15(11-14)20(21,22)23)13-26-18(24-3)25-12-17-28-27-16-9-4-5-10-29(16)17;/h4-11H,12-13H2,1-3H3,(H2,24,25,26);1H. The lowest BCUT2D eigenvalue weighted by molar-refractivity contribution is -0.137. The summed E-state index contributed by atoms with van der Waals surface area (Å²) >= 11 is 0. The fourth-order valence-corrected chi connectivity index (χ4v) is 2.92. The largest absolute Gasteiger partial charge is 0.416 e. The van der Waals surface area contributed by atoms with Gasteiger partial charge in [-0.1, -0.05) is 38.1 Å². The summed E-state index contributed by atoms with van der Waals surface area (Å²) in [5.74, 6) is 1.25. The van der Waals surface area contributed by atoms with Crippen LogP contribution in [0.3, 0.4) is 0 Å². The normalized spacial score (nSPS) is 12.5. The fraction of sp³-hybridized carbons (Fsp3) is 0.350. The molecule has 2 heterocycles. The van der Waals surface area contributed by atoms with Gasteiger partial charge < -0.3 is 10.6 Å². The molecule has 0 amide bonds. The molecule has 162 valence electrons. The zero-order valence-electron chi connectivity index (χ0n) is 16.9. The van der Waals surface area contributed by atoms with Gasteiger partial charge in [0, 0.05) is 25.2 Å². The molecule has 0 atom stereocenters. The van der Waals surface area contributed by atoms with Gasteiger partial charge in [0.2, 0.25) is 0 Å². The van der Waals surface area contributed by atoms with E-state index in [1.54, 1.807) is 13.1 Å². The third-order valence-corrected chi connectivity index (χ3v) is 4.69. The number of aliphatic imine (C=N–C) groups is 1. The van der Waals surface area contributed by atoms with Crippen molar-refractivity contribution in [2.75, 3.05) is 13.6 Å². The van der Waals surface area contributed by atoms with Crippen molar-refractivity contribution in [3.05, 3.63) is 65.6 Å². The molecule has 0 saturated heterocycles. The van der Waals surface area contributed by atoms with E-state index in [1.165, 1.54) is 12.1 Å². The van der Waals surface area contributed by atoms with Crippen LogP contribution in [-0.2, 0) is 18.1 Å². The Morgan fingerprint density at radius 1 is 1.03 bits per heavy atom. The van der Waals surface area contributed by atoms with Crippen molar-refractivity contribution in [1.29, 1.82) is 0 Å². The molecule has 0 unspecified atom stereocenters. The Morgan fingerprint density at radius 2 is 1.77 bits per heavy atom.